The molecule has 1 unspecified atom stereocenters. The van der Waals surface area contributed by atoms with Crippen molar-refractivity contribution >= 4 is 18.5 Å². The minimum atomic E-state index is -0.294. The normalized spacial score (nSPS) is 17.3. The summed E-state index contributed by atoms with van der Waals surface area (Å²) in [6.45, 7) is 9.19. The van der Waals surface area contributed by atoms with Gasteiger partial charge in [-0.1, -0.05) is 60.7 Å². The van der Waals surface area contributed by atoms with Gasteiger partial charge in [-0.2, -0.15) is 0 Å². The van der Waals surface area contributed by atoms with Crippen molar-refractivity contribution in [2.45, 2.75) is 39.8 Å². The van der Waals surface area contributed by atoms with Crippen LogP contribution in [0.15, 0.2) is 66.1 Å². The molecule has 0 N–H and O–H groups in total. The van der Waals surface area contributed by atoms with E-state index in [1.807, 2.05) is 0 Å². The Morgan fingerprint density at radius 1 is 0.727 bits per heavy atom. The topological polar surface area (TPSA) is 3.24 Å². The van der Waals surface area contributed by atoms with Gasteiger partial charge in [0.15, 0.2) is 0 Å². The third kappa shape index (κ3) is 2.83. The second kappa shape index (κ2) is 6.26. The molecule has 0 saturated carbocycles. The Kier molecular flexibility index (Phi) is 4.36. The molecule has 2 aromatic rings. The van der Waals surface area contributed by atoms with E-state index < -0.39 is 0 Å². The van der Waals surface area contributed by atoms with Crippen molar-refractivity contribution < 1.29 is 0 Å². The van der Waals surface area contributed by atoms with E-state index in [1.54, 1.807) is 10.8 Å². The fourth-order valence-electron chi connectivity index (χ4n) is 3.16. The first-order valence-corrected chi connectivity index (χ1v) is 9.38. The zero-order valence-corrected chi connectivity index (χ0v) is 14.7. The van der Waals surface area contributed by atoms with Gasteiger partial charge < -0.3 is 4.90 Å². The number of benzene rings is 2. The standard InChI is InChI=1S/C20H24NP/c1-15(2)21(16(3)4)20-19(17-11-7-5-8-12-17)22(20)18-13-9-6-10-14-18/h5-16H,1-4H3. The van der Waals surface area contributed by atoms with Gasteiger partial charge in [-0.15, -0.1) is 0 Å². The summed E-state index contributed by atoms with van der Waals surface area (Å²) in [6.07, 6.45) is 0. The van der Waals surface area contributed by atoms with Crippen LogP contribution >= 0.6 is 7.92 Å². The van der Waals surface area contributed by atoms with Gasteiger partial charge in [0.2, 0.25) is 0 Å². The van der Waals surface area contributed by atoms with Crippen LogP contribution in [0.4, 0.5) is 0 Å². The van der Waals surface area contributed by atoms with Gasteiger partial charge in [0.1, 0.15) is 0 Å². The third-order valence-corrected chi connectivity index (χ3v) is 6.40. The second-order valence-corrected chi connectivity index (χ2v) is 8.36. The Labute approximate surface area is 135 Å². The van der Waals surface area contributed by atoms with Crippen LogP contribution in [0.2, 0.25) is 0 Å². The predicted molar refractivity (Wildman–Crippen MR) is 98.5 cm³/mol. The Morgan fingerprint density at radius 2 is 1.23 bits per heavy atom. The largest absolute Gasteiger partial charge is 0.365 e. The van der Waals surface area contributed by atoms with Gasteiger partial charge in [-0.05, 0) is 38.6 Å². The van der Waals surface area contributed by atoms with Crippen molar-refractivity contribution in [2.24, 2.45) is 0 Å². The molecule has 1 nitrogen and oxygen atoms in total. The van der Waals surface area contributed by atoms with E-state index in [-0.39, 0.29) is 7.92 Å². The van der Waals surface area contributed by atoms with Crippen molar-refractivity contribution in [2.75, 3.05) is 0 Å². The number of hydrogen-bond acceptors (Lipinski definition) is 1. The zero-order valence-electron chi connectivity index (χ0n) is 13.8. The molecule has 1 heterocycles. The van der Waals surface area contributed by atoms with Gasteiger partial charge in [0.05, 0.1) is 5.44 Å². The molecule has 0 amide bonds. The van der Waals surface area contributed by atoms with E-state index in [1.165, 1.54) is 10.9 Å². The highest BCUT2D eigenvalue weighted by molar-refractivity contribution is 7.87. The Balaban J connectivity index is 2.03. The van der Waals surface area contributed by atoms with Crippen LogP contribution in [0.25, 0.3) is 5.31 Å². The molecule has 0 saturated heterocycles. The molecule has 2 heteroatoms. The lowest BCUT2D eigenvalue weighted by Crippen LogP contribution is -2.33. The molecule has 0 aliphatic carbocycles. The second-order valence-electron chi connectivity index (χ2n) is 6.30. The van der Waals surface area contributed by atoms with Gasteiger partial charge in [0, 0.05) is 25.3 Å². The monoisotopic (exact) mass is 309 g/mol. The Bertz CT molecular complexity index is 651. The smallest absolute Gasteiger partial charge is 0.0557 e. The first-order valence-electron chi connectivity index (χ1n) is 8.04. The molecule has 1 aliphatic rings. The lowest BCUT2D eigenvalue weighted by Gasteiger charge is -2.31. The first-order chi connectivity index (χ1) is 10.6. The summed E-state index contributed by atoms with van der Waals surface area (Å²) < 4.78 is 0. The minimum absolute atomic E-state index is 0.294. The highest BCUT2D eigenvalue weighted by atomic mass is 31.1. The van der Waals surface area contributed by atoms with Crippen LogP contribution in [-0.2, 0) is 0 Å². The van der Waals surface area contributed by atoms with E-state index in [0.717, 1.165) is 0 Å². The zero-order chi connectivity index (χ0) is 15.7. The average molecular weight is 309 g/mol. The summed E-state index contributed by atoms with van der Waals surface area (Å²) in [5.74, 6) is 0. The molecular weight excluding hydrogens is 285 g/mol. The van der Waals surface area contributed by atoms with Crippen molar-refractivity contribution in [3.8, 4) is 0 Å². The number of nitrogens with zero attached hydrogens (tertiary/aromatic N) is 1. The molecule has 0 fully saturated rings. The molecule has 22 heavy (non-hydrogen) atoms. The van der Waals surface area contributed by atoms with E-state index in [0.29, 0.717) is 12.1 Å². The van der Waals surface area contributed by atoms with E-state index in [2.05, 4.69) is 93.3 Å². The summed E-state index contributed by atoms with van der Waals surface area (Å²) in [7, 11) is -0.294. The van der Waals surface area contributed by atoms with Crippen LogP contribution < -0.4 is 5.30 Å². The quantitative estimate of drug-likeness (QED) is 0.682. The highest BCUT2D eigenvalue weighted by Gasteiger charge is 2.43. The molecular formula is C20H24NP. The van der Waals surface area contributed by atoms with Crippen LogP contribution in [0.1, 0.15) is 33.3 Å². The lowest BCUT2D eigenvalue weighted by atomic mass is 10.2. The Morgan fingerprint density at radius 3 is 1.73 bits per heavy atom. The number of rotatable bonds is 5. The molecule has 1 aliphatic heterocycles. The summed E-state index contributed by atoms with van der Waals surface area (Å²) >= 11 is 0. The first kappa shape index (κ1) is 15.3. The van der Waals surface area contributed by atoms with E-state index in [9.17, 15) is 0 Å². The summed E-state index contributed by atoms with van der Waals surface area (Å²) in [4.78, 5) is 2.60. The predicted octanol–water partition coefficient (Wildman–Crippen LogP) is 5.25. The molecule has 0 radical (unpaired) electrons. The van der Waals surface area contributed by atoms with Crippen LogP contribution in [0, 0.1) is 0 Å². The van der Waals surface area contributed by atoms with Gasteiger partial charge >= 0.3 is 0 Å². The summed E-state index contributed by atoms with van der Waals surface area (Å²) in [6, 6.07) is 22.9. The summed E-state index contributed by atoms with van der Waals surface area (Å²) in [5.41, 5.74) is 2.95. The third-order valence-electron chi connectivity index (χ3n) is 4.02. The SMILES string of the molecule is CC(C)N(C1=C(c2ccccc2)P1c1ccccc1)C(C)C. The van der Waals surface area contributed by atoms with Gasteiger partial charge in [-0.3, -0.25) is 0 Å². The fourth-order valence-corrected chi connectivity index (χ4v) is 5.94. The maximum Gasteiger partial charge on any atom is 0.0557 e. The molecule has 1 atom stereocenters. The maximum absolute atomic E-state index is 2.60. The van der Waals surface area contributed by atoms with Crippen molar-refractivity contribution in [3.63, 3.8) is 0 Å². The van der Waals surface area contributed by atoms with Crippen LogP contribution in [-0.4, -0.2) is 17.0 Å². The minimum Gasteiger partial charge on any atom is -0.365 e. The average Bonchev–Trinajstić information content (AvgIpc) is 3.23. The van der Waals surface area contributed by atoms with Crippen molar-refractivity contribution in [1.82, 2.24) is 4.90 Å². The van der Waals surface area contributed by atoms with Crippen molar-refractivity contribution in [3.05, 3.63) is 71.7 Å². The molecule has 0 aromatic heterocycles. The van der Waals surface area contributed by atoms with Gasteiger partial charge in [-0.25, -0.2) is 0 Å². The van der Waals surface area contributed by atoms with Crippen LogP contribution in [0.5, 0.6) is 0 Å². The number of hydrogen-bond donors (Lipinski definition) is 0. The fraction of sp³-hybridized carbons (Fsp3) is 0.300. The van der Waals surface area contributed by atoms with Crippen molar-refractivity contribution in [1.29, 1.82) is 0 Å². The van der Waals surface area contributed by atoms with E-state index in [4.69, 9.17) is 0 Å². The van der Waals surface area contributed by atoms with E-state index >= 15 is 0 Å². The Hall–Kier alpha value is -1.59. The molecule has 114 valence electrons. The maximum atomic E-state index is 2.60. The lowest BCUT2D eigenvalue weighted by molar-refractivity contribution is 0.252. The molecule has 0 spiro atoms. The molecule has 3 rings (SSSR count). The molecule has 2 aromatic carbocycles. The van der Waals surface area contributed by atoms with Gasteiger partial charge in [0.25, 0.3) is 0 Å². The van der Waals surface area contributed by atoms with Crippen LogP contribution in [0.3, 0.4) is 0 Å². The molecule has 0 bridgehead atoms. The highest BCUT2D eigenvalue weighted by Crippen LogP contribution is 2.74. The summed E-state index contributed by atoms with van der Waals surface area (Å²) in [5, 5.41) is 3.03.